The molecular weight excluding hydrogens is 739 g/mol. The maximum absolute atomic E-state index is 5.69. The van der Waals surface area contributed by atoms with E-state index in [1.807, 2.05) is 0 Å². The van der Waals surface area contributed by atoms with Gasteiger partial charge in [0.05, 0.1) is 34.4 Å². The third-order valence-corrected chi connectivity index (χ3v) is 20.0. The van der Waals surface area contributed by atoms with E-state index in [-0.39, 0.29) is 0 Å². The van der Waals surface area contributed by atoms with Crippen LogP contribution in [0.2, 0.25) is 0 Å². The fraction of sp³-hybridized carbons (Fsp3) is 0.345. The molecule has 292 valence electrons. The van der Waals surface area contributed by atoms with Crippen LogP contribution in [0.1, 0.15) is 133 Å². The summed E-state index contributed by atoms with van der Waals surface area (Å²) in [4.78, 5) is 11.4. The summed E-state index contributed by atoms with van der Waals surface area (Å²) in [6.45, 7) is 0. The largest absolute Gasteiger partial charge is 0.305 e. The van der Waals surface area contributed by atoms with E-state index < -0.39 is 5.41 Å². The highest BCUT2D eigenvalue weighted by atomic mass is 15.0. The molecule has 0 amide bonds. The van der Waals surface area contributed by atoms with Crippen molar-refractivity contribution in [1.82, 2.24) is 14.4 Å². The second-order valence-corrected chi connectivity index (χ2v) is 22.0. The number of rotatable bonds is 0. The van der Waals surface area contributed by atoms with Gasteiger partial charge in [-0.3, -0.25) is 9.97 Å². The Labute approximate surface area is 354 Å². The zero-order valence-corrected chi connectivity index (χ0v) is 34.3. The minimum atomic E-state index is -0.478. The molecule has 61 heavy (non-hydrogen) atoms. The van der Waals surface area contributed by atoms with Crippen molar-refractivity contribution in [3.63, 3.8) is 0 Å². The van der Waals surface area contributed by atoms with Crippen LogP contribution < -0.4 is 0 Å². The van der Waals surface area contributed by atoms with Crippen molar-refractivity contribution in [2.45, 2.75) is 93.3 Å². The minimum absolute atomic E-state index is 0.478. The summed E-state index contributed by atoms with van der Waals surface area (Å²) in [5, 5.41) is 8.83. The van der Waals surface area contributed by atoms with Gasteiger partial charge in [0.1, 0.15) is 0 Å². The van der Waals surface area contributed by atoms with E-state index >= 15 is 0 Å². The molecule has 5 fully saturated rings. The fourth-order valence-corrected chi connectivity index (χ4v) is 18.4. The maximum Gasteiger partial charge on any atom is 0.0732 e. The van der Waals surface area contributed by atoms with Gasteiger partial charge < -0.3 is 4.40 Å². The summed E-state index contributed by atoms with van der Waals surface area (Å²) in [6.07, 6.45) is 18.4. The first-order valence-corrected chi connectivity index (χ1v) is 24.0. The first kappa shape index (κ1) is 31.3. The standard InChI is InChI=1S/C58H45N3/c1-3-12-42-37(9-1)38-10-2-4-13-43(38)58(42)44-14-6-8-30-7-5-11-39(47(30)44)40-23-41-50-45(26-60-55-34-21-36-22-35-20-33(49(50)55)24-57(35,36)25-34)61-46-27-59-54-32-18-28-15-29(19-32)17-31(16-28)48(54)51(46)52(53(40)58)56(41)61/h1-14,23,26-29,31-36H,15-22,24-25H2. The Bertz CT molecular complexity index is 3520. The van der Waals surface area contributed by atoms with Crippen LogP contribution in [0.25, 0.3) is 71.1 Å². The van der Waals surface area contributed by atoms with Crippen molar-refractivity contribution in [2.24, 2.45) is 29.1 Å². The predicted octanol–water partition coefficient (Wildman–Crippen LogP) is 13.9. The summed E-state index contributed by atoms with van der Waals surface area (Å²) in [5.74, 6) is 5.89. The quantitative estimate of drug-likeness (QED) is 0.153. The summed E-state index contributed by atoms with van der Waals surface area (Å²) in [7, 11) is 0. The SMILES string of the molecule is c1ccc2c(c1)-c1ccccc1C21c2cccc3cccc(c23)-c2cc3c4c5c(ncc4n4c6cnc7c(c6c(c21)c34)C1CC2CC(CC7C2)C1)C1CC2CC3CC5CC23C1. The zero-order chi connectivity index (χ0) is 38.8. The molecule has 4 aromatic heterocycles. The van der Waals surface area contributed by atoms with Gasteiger partial charge >= 0.3 is 0 Å². The lowest BCUT2D eigenvalue weighted by atomic mass is 9.56. The van der Waals surface area contributed by atoms with Crippen molar-refractivity contribution in [3.05, 3.63) is 148 Å². The lowest BCUT2D eigenvalue weighted by Crippen LogP contribution is -2.41. The molecular formula is C58H45N3. The van der Waals surface area contributed by atoms with Crippen LogP contribution >= 0.6 is 0 Å². The molecule has 10 aliphatic carbocycles. The second kappa shape index (κ2) is 9.89. The van der Waals surface area contributed by atoms with Crippen molar-refractivity contribution in [2.75, 3.05) is 0 Å². The van der Waals surface area contributed by atoms with Gasteiger partial charge in [-0.2, -0.15) is 0 Å². The summed E-state index contributed by atoms with van der Waals surface area (Å²) in [6, 6.07) is 36.1. The average Bonchev–Trinajstić information content (AvgIpc) is 4.01. The van der Waals surface area contributed by atoms with Crippen molar-refractivity contribution in [1.29, 1.82) is 0 Å². The van der Waals surface area contributed by atoms with E-state index in [0.29, 0.717) is 29.1 Å². The molecule has 0 N–H and O–H groups in total. The minimum Gasteiger partial charge on any atom is -0.305 e. The lowest BCUT2D eigenvalue weighted by Gasteiger charge is -2.48. The van der Waals surface area contributed by atoms with Gasteiger partial charge in [-0.15, -0.1) is 0 Å². The van der Waals surface area contributed by atoms with Gasteiger partial charge in [0.15, 0.2) is 0 Å². The molecule has 2 spiro atoms. The van der Waals surface area contributed by atoms with Crippen LogP contribution in [0.15, 0.2) is 103 Å². The Balaban J connectivity index is 1.11. The van der Waals surface area contributed by atoms with E-state index in [0.717, 1.165) is 23.7 Å². The summed E-state index contributed by atoms with van der Waals surface area (Å²) >= 11 is 0. The normalized spacial score (nSPS) is 31.8. The monoisotopic (exact) mass is 783 g/mol. The van der Waals surface area contributed by atoms with E-state index in [2.05, 4.69) is 108 Å². The number of benzene rings is 5. The molecule has 5 saturated carbocycles. The van der Waals surface area contributed by atoms with Crippen LogP contribution in [0.5, 0.6) is 0 Å². The molecule has 0 radical (unpaired) electrons. The van der Waals surface area contributed by atoms with Gasteiger partial charge in [0.2, 0.25) is 0 Å². The van der Waals surface area contributed by atoms with Crippen LogP contribution in [-0.2, 0) is 5.41 Å². The highest BCUT2D eigenvalue weighted by Crippen LogP contribution is 2.76. The highest BCUT2D eigenvalue weighted by molar-refractivity contribution is 6.29. The Morgan fingerprint density at radius 1 is 0.492 bits per heavy atom. The van der Waals surface area contributed by atoms with Gasteiger partial charge in [-0.1, -0.05) is 84.9 Å². The number of hydrogen-bond acceptors (Lipinski definition) is 2. The first-order chi connectivity index (χ1) is 30.2. The molecule has 5 aromatic carbocycles. The molecule has 3 nitrogen and oxygen atoms in total. The van der Waals surface area contributed by atoms with Gasteiger partial charge in [0, 0.05) is 44.8 Å². The molecule has 0 aliphatic heterocycles. The first-order valence-electron chi connectivity index (χ1n) is 24.0. The van der Waals surface area contributed by atoms with Crippen molar-refractivity contribution >= 4 is 48.9 Å². The molecule has 19 rings (SSSR count). The Morgan fingerprint density at radius 3 is 1.90 bits per heavy atom. The Hall–Kier alpha value is -5.54. The van der Waals surface area contributed by atoms with Gasteiger partial charge in [-0.05, 0) is 178 Å². The number of fused-ring (bicyclic) bond motifs is 22. The molecule has 4 heterocycles. The number of aromatic nitrogens is 3. The third kappa shape index (κ3) is 3.20. The third-order valence-electron chi connectivity index (χ3n) is 20.0. The Kier molecular flexibility index (Phi) is 5.08. The van der Waals surface area contributed by atoms with Crippen molar-refractivity contribution < 1.29 is 0 Å². The number of hydrogen-bond donors (Lipinski definition) is 0. The van der Waals surface area contributed by atoms with Gasteiger partial charge in [-0.25, -0.2) is 0 Å². The van der Waals surface area contributed by atoms with Crippen LogP contribution in [0.4, 0.5) is 0 Å². The maximum atomic E-state index is 5.69. The topological polar surface area (TPSA) is 30.2 Å². The second-order valence-electron chi connectivity index (χ2n) is 22.0. The molecule has 7 unspecified atom stereocenters. The van der Waals surface area contributed by atoms with E-state index in [1.165, 1.54) is 169 Å². The predicted molar refractivity (Wildman–Crippen MR) is 244 cm³/mol. The average molecular weight is 784 g/mol. The Morgan fingerprint density at radius 2 is 1.11 bits per heavy atom. The smallest absolute Gasteiger partial charge is 0.0732 e. The molecule has 9 aromatic rings. The lowest BCUT2D eigenvalue weighted by molar-refractivity contribution is 0.00321. The van der Waals surface area contributed by atoms with Crippen LogP contribution in [-0.4, -0.2) is 14.4 Å². The highest BCUT2D eigenvalue weighted by Gasteiger charge is 2.66. The molecule has 0 saturated heterocycles. The molecule has 7 bridgehead atoms. The fourth-order valence-electron chi connectivity index (χ4n) is 18.4. The number of pyridine rings is 2. The number of nitrogens with zero attached hydrogens (tertiary/aromatic N) is 3. The summed E-state index contributed by atoms with van der Waals surface area (Å²) < 4.78 is 2.74. The van der Waals surface area contributed by atoms with E-state index in [4.69, 9.17) is 9.97 Å². The van der Waals surface area contributed by atoms with Gasteiger partial charge in [0.25, 0.3) is 0 Å². The van der Waals surface area contributed by atoms with Crippen molar-refractivity contribution in [3.8, 4) is 22.3 Å². The zero-order valence-electron chi connectivity index (χ0n) is 34.3. The van der Waals surface area contributed by atoms with E-state index in [1.54, 1.807) is 11.1 Å². The molecule has 7 atom stereocenters. The summed E-state index contributed by atoms with van der Waals surface area (Å²) in [5.41, 5.74) is 21.9. The molecule has 10 aliphatic rings. The molecule has 3 heteroatoms. The van der Waals surface area contributed by atoms with E-state index in [9.17, 15) is 0 Å². The van der Waals surface area contributed by atoms with Crippen LogP contribution in [0, 0.1) is 29.1 Å². The van der Waals surface area contributed by atoms with Crippen LogP contribution in [0.3, 0.4) is 0 Å².